The Hall–Kier alpha value is -0.950. The van der Waals surface area contributed by atoms with Crippen molar-refractivity contribution < 1.29 is 0 Å². The molecule has 0 aromatic carbocycles. The molecule has 0 fully saturated rings. The number of allylic oxidation sites excluding steroid dienone is 7. The highest BCUT2D eigenvalue weighted by molar-refractivity contribution is 8.03. The number of rotatable bonds is 2. The molecule has 1 heteroatoms. The van der Waals surface area contributed by atoms with Crippen LogP contribution in [0.1, 0.15) is 27.7 Å². The fourth-order valence-corrected chi connectivity index (χ4v) is 2.13. The highest BCUT2D eigenvalue weighted by atomic mass is 32.2. The molecule has 0 nitrogen and oxygen atoms in total. The van der Waals surface area contributed by atoms with Crippen molar-refractivity contribution in [1.29, 1.82) is 0 Å². The van der Waals surface area contributed by atoms with Crippen molar-refractivity contribution in [3.05, 3.63) is 59.6 Å². The van der Waals surface area contributed by atoms with Crippen LogP contribution in [0.3, 0.4) is 0 Å². The lowest BCUT2D eigenvalue weighted by molar-refractivity contribution is 0.850. The van der Waals surface area contributed by atoms with Gasteiger partial charge in [0.25, 0.3) is 0 Å². The van der Waals surface area contributed by atoms with Gasteiger partial charge in [-0.05, 0) is 24.5 Å². The maximum absolute atomic E-state index is 4.06. The minimum absolute atomic E-state index is 0.627. The van der Waals surface area contributed by atoms with E-state index in [1.165, 1.54) is 10.5 Å². The van der Waals surface area contributed by atoms with Gasteiger partial charge in [0.05, 0.1) is 0 Å². The highest BCUT2D eigenvalue weighted by Gasteiger charge is 2.08. The van der Waals surface area contributed by atoms with Crippen molar-refractivity contribution in [3.8, 4) is 0 Å². The summed E-state index contributed by atoms with van der Waals surface area (Å²) in [6.07, 6.45) is 10.4. The van der Waals surface area contributed by atoms with Gasteiger partial charge in [-0.25, -0.2) is 0 Å². The molecule has 1 atom stereocenters. The van der Waals surface area contributed by atoms with Crippen molar-refractivity contribution >= 4 is 11.8 Å². The van der Waals surface area contributed by atoms with Gasteiger partial charge in [0, 0.05) is 10.7 Å². The van der Waals surface area contributed by atoms with Gasteiger partial charge in [-0.15, -0.1) is 11.8 Å². The Morgan fingerprint density at radius 2 is 2.12 bits per heavy atom. The average molecular weight is 248 g/mol. The monoisotopic (exact) mass is 248 g/mol. The van der Waals surface area contributed by atoms with Crippen molar-refractivity contribution in [2.75, 3.05) is 5.75 Å². The molecule has 17 heavy (non-hydrogen) atoms. The van der Waals surface area contributed by atoms with Gasteiger partial charge < -0.3 is 0 Å². The summed E-state index contributed by atoms with van der Waals surface area (Å²) in [4.78, 5) is 1.26. The molecule has 1 unspecified atom stereocenters. The van der Waals surface area contributed by atoms with Gasteiger partial charge in [-0.1, -0.05) is 63.8 Å². The molecule has 0 spiro atoms. The summed E-state index contributed by atoms with van der Waals surface area (Å²) in [7, 11) is 0. The molecule has 1 aliphatic heterocycles. The largest absolute Gasteiger partial charge is 0.125 e. The molecule has 0 bridgehead atoms. The molecule has 1 heterocycles. The molecule has 1 rings (SSSR count). The van der Waals surface area contributed by atoms with Crippen LogP contribution in [0.15, 0.2) is 59.6 Å². The second-order valence-electron chi connectivity index (χ2n) is 3.82. The molecule has 0 aromatic rings. The predicted molar refractivity (Wildman–Crippen MR) is 83.3 cm³/mol. The van der Waals surface area contributed by atoms with E-state index in [-0.39, 0.29) is 0 Å². The molecule has 0 amide bonds. The van der Waals surface area contributed by atoms with Crippen molar-refractivity contribution in [3.63, 3.8) is 0 Å². The summed E-state index contributed by atoms with van der Waals surface area (Å²) >= 11 is 1.87. The lowest BCUT2D eigenvalue weighted by atomic mass is 10.1. The Morgan fingerprint density at radius 3 is 2.71 bits per heavy atom. The highest BCUT2D eigenvalue weighted by Crippen LogP contribution is 2.30. The minimum atomic E-state index is 0.627. The van der Waals surface area contributed by atoms with Gasteiger partial charge in [0.15, 0.2) is 0 Å². The van der Waals surface area contributed by atoms with E-state index in [4.69, 9.17) is 0 Å². The third-order valence-electron chi connectivity index (χ3n) is 2.26. The Labute approximate surface area is 111 Å². The summed E-state index contributed by atoms with van der Waals surface area (Å²) in [6.45, 7) is 16.1. The molecule has 0 aromatic heterocycles. The third-order valence-corrected chi connectivity index (χ3v) is 3.67. The van der Waals surface area contributed by atoms with E-state index in [1.54, 1.807) is 0 Å². The number of hydrogen-bond acceptors (Lipinski definition) is 1. The summed E-state index contributed by atoms with van der Waals surface area (Å²) in [5, 5.41) is 0. The second kappa shape index (κ2) is 9.12. The first-order valence-electron chi connectivity index (χ1n) is 6.14. The van der Waals surface area contributed by atoms with Crippen molar-refractivity contribution in [2.24, 2.45) is 5.92 Å². The average Bonchev–Trinajstić information content (AvgIpc) is 2.52. The van der Waals surface area contributed by atoms with Gasteiger partial charge in [-0.3, -0.25) is 0 Å². The summed E-state index contributed by atoms with van der Waals surface area (Å²) in [6, 6.07) is 0. The van der Waals surface area contributed by atoms with Crippen molar-refractivity contribution in [1.82, 2.24) is 0 Å². The van der Waals surface area contributed by atoms with Crippen LogP contribution in [0.2, 0.25) is 0 Å². The maximum Gasteiger partial charge on any atom is 0.0139 e. The van der Waals surface area contributed by atoms with Crippen molar-refractivity contribution in [2.45, 2.75) is 27.7 Å². The van der Waals surface area contributed by atoms with Crippen LogP contribution in [-0.2, 0) is 0 Å². The molecule has 0 radical (unpaired) electrons. The Bertz CT molecular complexity index is 343. The van der Waals surface area contributed by atoms with Gasteiger partial charge in [0.2, 0.25) is 0 Å². The minimum Gasteiger partial charge on any atom is -0.125 e. The number of hydrogen-bond donors (Lipinski definition) is 0. The SMILES string of the molecule is C=C/C(C)=C\C=C1\SCC(C)C=CC1=C.CC. The lowest BCUT2D eigenvalue weighted by Gasteiger charge is -2.04. The van der Waals surface area contributed by atoms with Gasteiger partial charge in [0.1, 0.15) is 0 Å². The fourth-order valence-electron chi connectivity index (χ4n) is 1.16. The smallest absolute Gasteiger partial charge is 0.0139 e. The van der Waals surface area contributed by atoms with Crippen LogP contribution in [0.4, 0.5) is 0 Å². The zero-order valence-electron chi connectivity index (χ0n) is 11.5. The standard InChI is InChI=1S/C14H18S.C2H6/c1-5-11(2)7-9-14-13(4)8-6-12(3)10-15-14;1-2/h5-9,12H,1,4,10H2,2-3H3;1-2H3/b11-7-,14-9+;. The van der Waals surface area contributed by atoms with E-state index in [0.717, 1.165) is 11.3 Å². The lowest BCUT2D eigenvalue weighted by Crippen LogP contribution is -1.90. The Balaban J connectivity index is 0.00000121. The van der Waals surface area contributed by atoms with Crippen LogP contribution >= 0.6 is 11.8 Å². The van der Waals surface area contributed by atoms with E-state index < -0.39 is 0 Å². The molecule has 0 saturated carbocycles. The second-order valence-corrected chi connectivity index (χ2v) is 4.88. The molecule has 1 aliphatic rings. The van der Waals surface area contributed by atoms with Crippen LogP contribution in [-0.4, -0.2) is 5.75 Å². The zero-order chi connectivity index (χ0) is 13.3. The van der Waals surface area contributed by atoms with Gasteiger partial charge >= 0.3 is 0 Å². The first-order valence-corrected chi connectivity index (χ1v) is 7.13. The van der Waals surface area contributed by atoms with Gasteiger partial charge in [-0.2, -0.15) is 0 Å². The Morgan fingerprint density at radius 1 is 1.47 bits per heavy atom. The predicted octanol–water partition coefficient (Wildman–Crippen LogP) is 5.52. The first-order chi connectivity index (χ1) is 8.13. The molecule has 0 saturated heterocycles. The molecular formula is C16H24S. The van der Waals surface area contributed by atoms with E-state index in [2.05, 4.69) is 44.4 Å². The molecular weight excluding hydrogens is 224 g/mol. The number of thioether (sulfide) groups is 1. The molecule has 94 valence electrons. The van der Waals surface area contributed by atoms with E-state index >= 15 is 0 Å². The van der Waals surface area contributed by atoms with Crippen LogP contribution in [0.25, 0.3) is 0 Å². The normalized spacial score (nSPS) is 22.8. The fraction of sp³-hybridized carbons (Fsp3) is 0.375. The first kappa shape index (κ1) is 16.1. The Kier molecular flexibility index (Phi) is 8.61. The van der Waals surface area contributed by atoms with E-state index in [0.29, 0.717) is 5.92 Å². The zero-order valence-corrected chi connectivity index (χ0v) is 12.3. The maximum atomic E-state index is 4.06. The van der Waals surface area contributed by atoms with Crippen LogP contribution in [0, 0.1) is 5.92 Å². The topological polar surface area (TPSA) is 0 Å². The molecule has 0 aliphatic carbocycles. The van der Waals surface area contributed by atoms with Crippen LogP contribution in [0.5, 0.6) is 0 Å². The summed E-state index contributed by atoms with van der Waals surface area (Å²) in [5.41, 5.74) is 2.29. The molecule has 0 N–H and O–H groups in total. The summed E-state index contributed by atoms with van der Waals surface area (Å²) < 4.78 is 0. The summed E-state index contributed by atoms with van der Waals surface area (Å²) in [5.74, 6) is 1.75. The van der Waals surface area contributed by atoms with E-state index in [9.17, 15) is 0 Å². The quantitative estimate of drug-likeness (QED) is 0.579. The van der Waals surface area contributed by atoms with E-state index in [1.807, 2.05) is 38.6 Å². The van der Waals surface area contributed by atoms with Crippen LogP contribution < -0.4 is 0 Å². The third kappa shape index (κ3) is 6.38.